The molecule has 0 radical (unpaired) electrons. The highest BCUT2D eigenvalue weighted by molar-refractivity contribution is 5.74. The van der Waals surface area contributed by atoms with Crippen molar-refractivity contribution in [3.8, 4) is 5.75 Å². The molecule has 0 bridgehead atoms. The van der Waals surface area contributed by atoms with Crippen molar-refractivity contribution >= 4 is 5.97 Å². The van der Waals surface area contributed by atoms with E-state index in [1.54, 1.807) is 0 Å². The number of benzene rings is 1. The molecule has 0 aliphatic rings. The number of hydrogen-bond acceptors (Lipinski definition) is 3. The Balaban J connectivity index is 3.03. The second kappa shape index (κ2) is 6.31. The van der Waals surface area contributed by atoms with Crippen LogP contribution in [0.5, 0.6) is 5.75 Å². The van der Waals surface area contributed by atoms with Crippen LogP contribution >= 0.6 is 0 Å². The summed E-state index contributed by atoms with van der Waals surface area (Å²) in [5.41, 5.74) is 3.40. The molecular formula is C19H30O3. The van der Waals surface area contributed by atoms with Crippen LogP contribution < -0.4 is 0 Å². The third-order valence-corrected chi connectivity index (χ3v) is 3.70. The van der Waals surface area contributed by atoms with E-state index in [2.05, 4.69) is 20.8 Å². The maximum atomic E-state index is 12.1. The molecule has 1 rings (SSSR count). The van der Waals surface area contributed by atoms with Gasteiger partial charge in [0, 0.05) is 0 Å². The number of hydrogen-bond donors (Lipinski definition) is 1. The molecule has 22 heavy (non-hydrogen) atoms. The van der Waals surface area contributed by atoms with E-state index in [4.69, 9.17) is 4.74 Å². The van der Waals surface area contributed by atoms with Gasteiger partial charge in [0.25, 0.3) is 0 Å². The van der Waals surface area contributed by atoms with E-state index in [0.29, 0.717) is 6.61 Å². The zero-order chi connectivity index (χ0) is 17.3. The first kappa shape index (κ1) is 18.5. The molecular weight excluding hydrogens is 276 g/mol. The molecule has 0 aliphatic heterocycles. The zero-order valence-electron chi connectivity index (χ0n) is 15.3. The van der Waals surface area contributed by atoms with Gasteiger partial charge >= 0.3 is 5.97 Å². The molecule has 1 N–H and O–H groups in total. The minimum atomic E-state index is -0.246. The highest BCUT2D eigenvalue weighted by Crippen LogP contribution is 2.36. The lowest BCUT2D eigenvalue weighted by Gasteiger charge is -2.24. The van der Waals surface area contributed by atoms with Gasteiger partial charge in [0.05, 0.1) is 13.0 Å². The highest BCUT2D eigenvalue weighted by Gasteiger charge is 2.23. The smallest absolute Gasteiger partial charge is 0.310 e. The molecule has 0 saturated carbocycles. The Labute approximate surface area is 134 Å². The number of carbonyl (C=O) groups excluding carboxylic acids is 1. The molecule has 0 unspecified atom stereocenters. The van der Waals surface area contributed by atoms with Gasteiger partial charge in [-0.3, -0.25) is 4.79 Å². The van der Waals surface area contributed by atoms with E-state index >= 15 is 0 Å². The van der Waals surface area contributed by atoms with Gasteiger partial charge in [-0.1, -0.05) is 47.6 Å². The molecule has 1 aromatic carbocycles. The van der Waals surface area contributed by atoms with E-state index in [0.717, 1.165) is 22.3 Å². The quantitative estimate of drug-likeness (QED) is 0.840. The Morgan fingerprint density at radius 2 is 1.68 bits per heavy atom. The van der Waals surface area contributed by atoms with Gasteiger partial charge in [-0.2, -0.15) is 0 Å². The van der Waals surface area contributed by atoms with Crippen LogP contribution in [-0.2, 0) is 21.4 Å². The minimum Gasteiger partial charge on any atom is -0.507 e. The SMILES string of the molecule is Cc1cc(C(C)(C)C)c(O)c(C)c1CC(=O)OCC(C)(C)C. The number of ether oxygens (including phenoxy) is 1. The fourth-order valence-electron chi connectivity index (χ4n) is 2.35. The largest absolute Gasteiger partial charge is 0.507 e. The summed E-state index contributed by atoms with van der Waals surface area (Å²) in [6.07, 6.45) is 0.200. The van der Waals surface area contributed by atoms with Crippen molar-refractivity contribution in [2.45, 2.75) is 67.2 Å². The topological polar surface area (TPSA) is 46.5 Å². The number of aromatic hydroxyl groups is 1. The molecule has 124 valence electrons. The summed E-state index contributed by atoms with van der Waals surface area (Å²) in [5.74, 6) is 0.0424. The van der Waals surface area contributed by atoms with Crippen LogP contribution in [0.4, 0.5) is 0 Å². The van der Waals surface area contributed by atoms with Crippen molar-refractivity contribution < 1.29 is 14.6 Å². The number of phenols is 1. The first-order valence-electron chi connectivity index (χ1n) is 7.81. The average Bonchev–Trinajstić information content (AvgIpc) is 2.34. The van der Waals surface area contributed by atoms with Gasteiger partial charge in [0.2, 0.25) is 0 Å². The summed E-state index contributed by atoms with van der Waals surface area (Å²) in [6.45, 7) is 16.5. The van der Waals surface area contributed by atoms with Gasteiger partial charge in [0.1, 0.15) is 5.75 Å². The highest BCUT2D eigenvalue weighted by atomic mass is 16.5. The Morgan fingerprint density at radius 3 is 2.14 bits per heavy atom. The number of phenolic OH excluding ortho intramolecular Hbond substituents is 1. The number of esters is 1. The summed E-state index contributed by atoms with van der Waals surface area (Å²) in [7, 11) is 0. The second-order valence-electron chi connectivity index (χ2n) is 8.34. The summed E-state index contributed by atoms with van der Waals surface area (Å²) in [4.78, 5) is 12.1. The summed E-state index contributed by atoms with van der Waals surface area (Å²) in [5, 5.41) is 10.5. The van der Waals surface area contributed by atoms with Crippen LogP contribution in [-0.4, -0.2) is 17.7 Å². The van der Waals surface area contributed by atoms with Crippen LogP contribution in [0.2, 0.25) is 0 Å². The molecule has 0 fully saturated rings. The number of rotatable bonds is 3. The molecule has 3 heteroatoms. The Morgan fingerprint density at radius 1 is 1.14 bits per heavy atom. The first-order valence-corrected chi connectivity index (χ1v) is 7.81. The first-order chi connectivity index (χ1) is 9.83. The van der Waals surface area contributed by atoms with Crippen molar-refractivity contribution in [1.29, 1.82) is 0 Å². The van der Waals surface area contributed by atoms with Gasteiger partial charge in [-0.15, -0.1) is 0 Å². The normalized spacial score (nSPS) is 12.4. The van der Waals surface area contributed by atoms with Gasteiger partial charge in [-0.05, 0) is 46.9 Å². The molecule has 0 aliphatic carbocycles. The summed E-state index contributed by atoms with van der Waals surface area (Å²) < 4.78 is 5.34. The summed E-state index contributed by atoms with van der Waals surface area (Å²) >= 11 is 0. The lowest BCUT2D eigenvalue weighted by atomic mass is 9.82. The number of aryl methyl sites for hydroxylation is 1. The van der Waals surface area contributed by atoms with Crippen molar-refractivity contribution in [2.75, 3.05) is 6.61 Å². The maximum absolute atomic E-state index is 12.1. The fourth-order valence-corrected chi connectivity index (χ4v) is 2.35. The van der Waals surface area contributed by atoms with E-state index in [1.165, 1.54) is 0 Å². The minimum absolute atomic E-state index is 0.0437. The molecule has 0 amide bonds. The second-order valence-corrected chi connectivity index (χ2v) is 8.34. The maximum Gasteiger partial charge on any atom is 0.310 e. The third-order valence-electron chi connectivity index (χ3n) is 3.70. The van der Waals surface area contributed by atoms with Crippen molar-refractivity contribution in [3.63, 3.8) is 0 Å². The Bertz CT molecular complexity index is 558. The van der Waals surface area contributed by atoms with E-state index in [-0.39, 0.29) is 29.0 Å². The Hall–Kier alpha value is -1.51. The van der Waals surface area contributed by atoms with Gasteiger partial charge in [0.15, 0.2) is 0 Å². The number of carbonyl (C=O) groups is 1. The Kier molecular flexibility index (Phi) is 5.32. The summed E-state index contributed by atoms with van der Waals surface area (Å²) in [6, 6.07) is 1.98. The molecule has 0 heterocycles. The molecule has 1 aromatic rings. The van der Waals surface area contributed by atoms with Crippen LogP contribution in [0.15, 0.2) is 6.07 Å². The van der Waals surface area contributed by atoms with Gasteiger partial charge < -0.3 is 9.84 Å². The van der Waals surface area contributed by atoms with Crippen LogP contribution in [0.25, 0.3) is 0 Å². The van der Waals surface area contributed by atoms with E-state index < -0.39 is 0 Å². The monoisotopic (exact) mass is 306 g/mol. The van der Waals surface area contributed by atoms with Crippen LogP contribution in [0.3, 0.4) is 0 Å². The standard InChI is InChI=1S/C19H30O3/c1-12-9-15(19(6,7)8)17(21)13(2)14(12)10-16(20)22-11-18(3,4)5/h9,21H,10-11H2,1-8H3. The molecule has 0 saturated heterocycles. The zero-order valence-corrected chi connectivity index (χ0v) is 15.3. The molecule has 0 atom stereocenters. The van der Waals surface area contributed by atoms with Crippen molar-refractivity contribution in [2.24, 2.45) is 5.41 Å². The third kappa shape index (κ3) is 4.75. The molecule has 3 nitrogen and oxygen atoms in total. The molecule has 0 aromatic heterocycles. The van der Waals surface area contributed by atoms with Crippen LogP contribution in [0, 0.1) is 19.3 Å². The van der Waals surface area contributed by atoms with Crippen molar-refractivity contribution in [3.05, 3.63) is 28.3 Å². The fraction of sp³-hybridized carbons (Fsp3) is 0.632. The van der Waals surface area contributed by atoms with Crippen molar-refractivity contribution in [1.82, 2.24) is 0 Å². The van der Waals surface area contributed by atoms with E-state index in [1.807, 2.05) is 40.7 Å². The molecule has 0 spiro atoms. The van der Waals surface area contributed by atoms with Crippen LogP contribution in [0.1, 0.15) is 63.8 Å². The predicted octanol–water partition coefficient (Wildman–Crippen LogP) is 4.44. The average molecular weight is 306 g/mol. The lowest BCUT2D eigenvalue weighted by Crippen LogP contribution is -2.20. The van der Waals surface area contributed by atoms with E-state index in [9.17, 15) is 9.90 Å². The van der Waals surface area contributed by atoms with Gasteiger partial charge in [-0.25, -0.2) is 0 Å². The lowest BCUT2D eigenvalue weighted by molar-refractivity contribution is -0.145. The predicted molar refractivity (Wildman–Crippen MR) is 90.4 cm³/mol.